The molecule has 1 aliphatic rings. The maximum absolute atomic E-state index is 5.83. The molecule has 6 heteroatoms. The van der Waals surface area contributed by atoms with Crippen LogP contribution in [-0.2, 0) is 19.7 Å². The van der Waals surface area contributed by atoms with Crippen LogP contribution < -0.4 is 4.74 Å². The lowest BCUT2D eigenvalue weighted by atomic mass is 10.2. The smallest absolute Gasteiger partial charge is 0.138 e. The number of imidazole rings is 1. The van der Waals surface area contributed by atoms with Crippen molar-refractivity contribution in [2.45, 2.75) is 39.6 Å². The van der Waals surface area contributed by atoms with E-state index >= 15 is 0 Å². The fourth-order valence-electron chi connectivity index (χ4n) is 3.30. The van der Waals surface area contributed by atoms with Crippen LogP contribution in [0.15, 0.2) is 47.3 Å². The summed E-state index contributed by atoms with van der Waals surface area (Å²) < 4.78 is 13.8. The Morgan fingerprint density at radius 2 is 2.16 bits per heavy atom. The number of rotatable bonds is 5. The number of aromatic nitrogens is 3. The van der Waals surface area contributed by atoms with Gasteiger partial charge in [-0.25, -0.2) is 4.98 Å². The Morgan fingerprint density at radius 3 is 2.92 bits per heavy atom. The van der Waals surface area contributed by atoms with Crippen LogP contribution in [0.2, 0.25) is 0 Å². The Kier molecular flexibility index (Phi) is 4.28. The van der Waals surface area contributed by atoms with Crippen molar-refractivity contribution < 1.29 is 9.15 Å². The maximum Gasteiger partial charge on any atom is 0.138 e. The van der Waals surface area contributed by atoms with Gasteiger partial charge in [-0.05, 0) is 38.1 Å². The summed E-state index contributed by atoms with van der Waals surface area (Å²) >= 11 is 0. The number of nitrogens with zero attached hydrogens (tertiary/aromatic N) is 4. The van der Waals surface area contributed by atoms with Crippen molar-refractivity contribution in [3.63, 3.8) is 0 Å². The van der Waals surface area contributed by atoms with Crippen molar-refractivity contribution >= 4 is 0 Å². The van der Waals surface area contributed by atoms with Gasteiger partial charge in [0.15, 0.2) is 0 Å². The highest BCUT2D eigenvalue weighted by Crippen LogP contribution is 2.27. The summed E-state index contributed by atoms with van der Waals surface area (Å²) in [7, 11) is 0. The van der Waals surface area contributed by atoms with E-state index in [1.165, 1.54) is 0 Å². The molecular formula is C19H22N4O2. The van der Waals surface area contributed by atoms with Crippen LogP contribution in [0.1, 0.15) is 36.0 Å². The summed E-state index contributed by atoms with van der Waals surface area (Å²) in [5.74, 6) is 3.82. The third-order valence-electron chi connectivity index (χ3n) is 4.68. The largest absolute Gasteiger partial charge is 0.486 e. The fraction of sp³-hybridized carbons (Fsp3) is 0.368. The zero-order chi connectivity index (χ0) is 17.2. The standard InChI is InChI=1S/C19H22N4O2/c1-14-5-6-18(25-14)12-22-8-9-23-16(10-21-19(23)15(22)2)13-24-17-4-3-7-20-11-17/h3-7,10-11,15H,8-9,12-13H2,1-2H3/t15-/m0/s1. The first-order chi connectivity index (χ1) is 12.2. The molecule has 0 fully saturated rings. The van der Waals surface area contributed by atoms with Crippen LogP contribution in [0.3, 0.4) is 0 Å². The molecule has 3 aromatic heterocycles. The van der Waals surface area contributed by atoms with Gasteiger partial charge < -0.3 is 13.7 Å². The van der Waals surface area contributed by atoms with E-state index in [0.717, 1.165) is 48.4 Å². The van der Waals surface area contributed by atoms with Gasteiger partial charge in [-0.3, -0.25) is 9.88 Å². The van der Waals surface area contributed by atoms with Crippen LogP contribution in [0.25, 0.3) is 0 Å². The van der Waals surface area contributed by atoms with E-state index in [1.54, 1.807) is 12.4 Å². The van der Waals surface area contributed by atoms with Gasteiger partial charge in [0.05, 0.1) is 30.7 Å². The summed E-state index contributed by atoms with van der Waals surface area (Å²) in [5, 5.41) is 0. The van der Waals surface area contributed by atoms with Crippen molar-refractivity contribution in [2.24, 2.45) is 0 Å². The molecule has 4 heterocycles. The summed E-state index contributed by atoms with van der Waals surface area (Å²) in [4.78, 5) is 11.1. The van der Waals surface area contributed by atoms with E-state index in [1.807, 2.05) is 31.3 Å². The van der Waals surface area contributed by atoms with Crippen molar-refractivity contribution in [3.05, 3.63) is 65.9 Å². The van der Waals surface area contributed by atoms with Crippen molar-refractivity contribution in [1.82, 2.24) is 19.4 Å². The number of hydrogen-bond acceptors (Lipinski definition) is 5. The monoisotopic (exact) mass is 338 g/mol. The van der Waals surface area contributed by atoms with Crippen molar-refractivity contribution in [1.29, 1.82) is 0 Å². The second-order valence-corrected chi connectivity index (χ2v) is 6.40. The molecule has 0 spiro atoms. The Labute approximate surface area is 147 Å². The van der Waals surface area contributed by atoms with Gasteiger partial charge in [0.2, 0.25) is 0 Å². The molecular weight excluding hydrogens is 316 g/mol. The maximum atomic E-state index is 5.83. The molecule has 3 aromatic rings. The summed E-state index contributed by atoms with van der Waals surface area (Å²) in [6.45, 7) is 7.35. The van der Waals surface area contributed by atoms with Gasteiger partial charge in [-0.15, -0.1) is 0 Å². The van der Waals surface area contributed by atoms with Gasteiger partial charge in [-0.1, -0.05) is 0 Å². The molecule has 0 amide bonds. The van der Waals surface area contributed by atoms with Gasteiger partial charge in [0.25, 0.3) is 0 Å². The Balaban J connectivity index is 1.45. The summed E-state index contributed by atoms with van der Waals surface area (Å²) in [6, 6.07) is 8.09. The Bertz CT molecular complexity index is 840. The quantitative estimate of drug-likeness (QED) is 0.714. The third kappa shape index (κ3) is 3.30. The highest BCUT2D eigenvalue weighted by molar-refractivity contribution is 5.17. The molecule has 25 heavy (non-hydrogen) atoms. The van der Waals surface area contributed by atoms with E-state index < -0.39 is 0 Å². The van der Waals surface area contributed by atoms with E-state index in [2.05, 4.69) is 32.4 Å². The van der Waals surface area contributed by atoms with Gasteiger partial charge >= 0.3 is 0 Å². The molecule has 0 aromatic carbocycles. The van der Waals surface area contributed by atoms with Gasteiger partial charge in [0.1, 0.15) is 29.7 Å². The predicted molar refractivity (Wildman–Crippen MR) is 93.1 cm³/mol. The molecule has 0 radical (unpaired) electrons. The second kappa shape index (κ2) is 6.72. The minimum atomic E-state index is 0.242. The number of aryl methyl sites for hydroxylation is 1. The lowest BCUT2D eigenvalue weighted by Crippen LogP contribution is -2.37. The molecule has 1 aliphatic heterocycles. The van der Waals surface area contributed by atoms with Crippen LogP contribution in [0, 0.1) is 6.92 Å². The molecule has 0 bridgehead atoms. The molecule has 0 saturated carbocycles. The molecule has 0 aliphatic carbocycles. The minimum Gasteiger partial charge on any atom is -0.486 e. The van der Waals surface area contributed by atoms with Crippen LogP contribution in [-0.4, -0.2) is 26.0 Å². The van der Waals surface area contributed by atoms with Crippen LogP contribution in [0.4, 0.5) is 0 Å². The molecule has 0 N–H and O–H groups in total. The molecule has 6 nitrogen and oxygen atoms in total. The van der Waals surface area contributed by atoms with E-state index in [0.29, 0.717) is 6.61 Å². The van der Waals surface area contributed by atoms with Gasteiger partial charge in [0, 0.05) is 19.3 Å². The highest BCUT2D eigenvalue weighted by atomic mass is 16.5. The van der Waals surface area contributed by atoms with Gasteiger partial charge in [-0.2, -0.15) is 0 Å². The van der Waals surface area contributed by atoms with E-state index in [4.69, 9.17) is 9.15 Å². The van der Waals surface area contributed by atoms with E-state index in [-0.39, 0.29) is 6.04 Å². The van der Waals surface area contributed by atoms with Crippen LogP contribution in [0.5, 0.6) is 5.75 Å². The first-order valence-corrected chi connectivity index (χ1v) is 8.57. The number of fused-ring (bicyclic) bond motifs is 1. The first kappa shape index (κ1) is 15.9. The molecule has 4 rings (SSSR count). The lowest BCUT2D eigenvalue weighted by Gasteiger charge is -2.33. The molecule has 1 atom stereocenters. The van der Waals surface area contributed by atoms with Crippen LogP contribution >= 0.6 is 0 Å². The normalized spacial score (nSPS) is 17.4. The third-order valence-corrected chi connectivity index (χ3v) is 4.68. The van der Waals surface area contributed by atoms with Crippen molar-refractivity contribution in [2.75, 3.05) is 6.54 Å². The average Bonchev–Trinajstić information content (AvgIpc) is 3.23. The number of furan rings is 1. The zero-order valence-corrected chi connectivity index (χ0v) is 14.6. The fourth-order valence-corrected chi connectivity index (χ4v) is 3.30. The lowest BCUT2D eigenvalue weighted by molar-refractivity contribution is 0.141. The molecule has 0 unspecified atom stereocenters. The Hall–Kier alpha value is -2.60. The minimum absolute atomic E-state index is 0.242. The van der Waals surface area contributed by atoms with Crippen molar-refractivity contribution in [3.8, 4) is 5.75 Å². The van der Waals surface area contributed by atoms with E-state index in [9.17, 15) is 0 Å². The Morgan fingerprint density at radius 1 is 1.24 bits per heavy atom. The number of pyridine rings is 1. The highest BCUT2D eigenvalue weighted by Gasteiger charge is 2.27. The SMILES string of the molecule is Cc1ccc(CN2CCn3c(COc4cccnc4)cnc3[C@@H]2C)o1. The summed E-state index contributed by atoms with van der Waals surface area (Å²) in [6.07, 6.45) is 5.39. The number of hydrogen-bond donors (Lipinski definition) is 0. The average molecular weight is 338 g/mol. The zero-order valence-electron chi connectivity index (χ0n) is 14.6. The first-order valence-electron chi connectivity index (χ1n) is 8.57. The topological polar surface area (TPSA) is 56.3 Å². The molecule has 0 saturated heterocycles. The second-order valence-electron chi connectivity index (χ2n) is 6.40. The summed E-state index contributed by atoms with van der Waals surface area (Å²) in [5.41, 5.74) is 1.10. The number of ether oxygens (including phenoxy) is 1. The predicted octanol–water partition coefficient (Wildman–Crippen LogP) is 3.34. The molecule has 130 valence electrons.